The lowest BCUT2D eigenvalue weighted by molar-refractivity contribution is 0.666. The zero-order valence-corrected chi connectivity index (χ0v) is 10.8. The monoisotopic (exact) mass is 241 g/mol. The predicted octanol–water partition coefficient (Wildman–Crippen LogP) is 3.05. The third-order valence-corrected chi connectivity index (χ3v) is 3.12. The molecular formula is C15H19N3. The Hall–Kier alpha value is -1.79. The number of aromatic nitrogens is 1. The molecule has 2 rings (SSSR count). The van der Waals surface area contributed by atoms with Crippen LogP contribution in [0.25, 0.3) is 10.9 Å². The molecule has 2 aromatic rings. The van der Waals surface area contributed by atoms with Gasteiger partial charge < -0.3 is 9.88 Å². The zero-order valence-electron chi connectivity index (χ0n) is 10.8. The van der Waals surface area contributed by atoms with E-state index < -0.39 is 0 Å². The van der Waals surface area contributed by atoms with Gasteiger partial charge in [-0.2, -0.15) is 5.26 Å². The topological polar surface area (TPSA) is 40.8 Å². The highest BCUT2D eigenvalue weighted by atomic mass is 15.0. The van der Waals surface area contributed by atoms with E-state index in [4.69, 9.17) is 5.26 Å². The first kappa shape index (κ1) is 12.7. The van der Waals surface area contributed by atoms with Crippen LogP contribution < -0.4 is 5.32 Å². The second-order valence-corrected chi connectivity index (χ2v) is 4.41. The van der Waals surface area contributed by atoms with Crippen LogP contribution in [0.15, 0.2) is 30.5 Å². The van der Waals surface area contributed by atoms with Crippen LogP contribution >= 0.6 is 0 Å². The summed E-state index contributed by atoms with van der Waals surface area (Å²) in [6.45, 7) is 4.92. The van der Waals surface area contributed by atoms with Gasteiger partial charge in [-0.15, -0.1) is 0 Å². The molecule has 0 fully saturated rings. The second kappa shape index (κ2) is 6.23. The van der Waals surface area contributed by atoms with Crippen molar-refractivity contribution in [2.24, 2.45) is 0 Å². The smallest absolute Gasteiger partial charge is 0.0622 e. The van der Waals surface area contributed by atoms with E-state index in [9.17, 15) is 0 Å². The summed E-state index contributed by atoms with van der Waals surface area (Å²) in [5.74, 6) is 0. The fourth-order valence-corrected chi connectivity index (χ4v) is 2.24. The molecule has 3 nitrogen and oxygen atoms in total. The first-order chi connectivity index (χ1) is 8.86. The van der Waals surface area contributed by atoms with Crippen molar-refractivity contribution in [2.45, 2.75) is 32.9 Å². The molecule has 1 aromatic heterocycles. The maximum absolute atomic E-state index is 8.61. The molecule has 0 bridgehead atoms. The van der Waals surface area contributed by atoms with E-state index >= 15 is 0 Å². The number of nitrogens with one attached hydrogen (secondary N) is 1. The molecule has 0 aliphatic rings. The van der Waals surface area contributed by atoms with Gasteiger partial charge >= 0.3 is 0 Å². The molecule has 0 saturated carbocycles. The second-order valence-electron chi connectivity index (χ2n) is 4.41. The average Bonchev–Trinajstić information content (AvgIpc) is 2.76. The first-order valence-corrected chi connectivity index (χ1v) is 6.51. The average molecular weight is 241 g/mol. The molecule has 1 N–H and O–H groups in total. The van der Waals surface area contributed by atoms with E-state index in [2.05, 4.69) is 53.3 Å². The number of benzene rings is 1. The molecule has 0 spiro atoms. The third-order valence-electron chi connectivity index (χ3n) is 3.12. The highest BCUT2D eigenvalue weighted by molar-refractivity contribution is 5.83. The highest BCUT2D eigenvalue weighted by Crippen LogP contribution is 2.21. The Morgan fingerprint density at radius 3 is 2.94 bits per heavy atom. The van der Waals surface area contributed by atoms with Gasteiger partial charge in [-0.3, -0.25) is 0 Å². The summed E-state index contributed by atoms with van der Waals surface area (Å²) < 4.78 is 2.26. The summed E-state index contributed by atoms with van der Waals surface area (Å²) in [4.78, 5) is 0. The number of rotatable bonds is 6. The van der Waals surface area contributed by atoms with Gasteiger partial charge in [0.2, 0.25) is 0 Å². The van der Waals surface area contributed by atoms with E-state index in [1.165, 1.54) is 16.5 Å². The van der Waals surface area contributed by atoms with Crippen molar-refractivity contribution in [3.8, 4) is 6.07 Å². The molecule has 1 aromatic carbocycles. The predicted molar refractivity (Wildman–Crippen MR) is 74.2 cm³/mol. The summed E-state index contributed by atoms with van der Waals surface area (Å²) in [6.07, 6.45) is 3.75. The Labute approximate surface area is 108 Å². The van der Waals surface area contributed by atoms with Crippen molar-refractivity contribution in [1.82, 2.24) is 9.88 Å². The van der Waals surface area contributed by atoms with Gasteiger partial charge in [0.15, 0.2) is 0 Å². The van der Waals surface area contributed by atoms with E-state index in [1.807, 2.05) is 0 Å². The summed E-state index contributed by atoms with van der Waals surface area (Å²) in [5, 5.41) is 13.3. The molecular weight excluding hydrogens is 222 g/mol. The number of para-hydroxylation sites is 1. The lowest BCUT2D eigenvalue weighted by Gasteiger charge is -2.02. The molecule has 18 heavy (non-hydrogen) atoms. The van der Waals surface area contributed by atoms with Crippen LogP contribution in [0.3, 0.4) is 0 Å². The van der Waals surface area contributed by atoms with Crippen LogP contribution in [0, 0.1) is 11.3 Å². The summed E-state index contributed by atoms with van der Waals surface area (Å²) in [6, 6.07) is 10.7. The van der Waals surface area contributed by atoms with E-state index in [1.54, 1.807) is 0 Å². The number of hydrogen-bond donors (Lipinski definition) is 1. The zero-order chi connectivity index (χ0) is 12.8. The van der Waals surface area contributed by atoms with Crippen molar-refractivity contribution >= 4 is 10.9 Å². The van der Waals surface area contributed by atoms with Gasteiger partial charge in [-0.05, 0) is 24.6 Å². The molecule has 0 amide bonds. The van der Waals surface area contributed by atoms with Crippen molar-refractivity contribution in [2.75, 3.05) is 6.54 Å². The minimum absolute atomic E-state index is 0.620. The maximum Gasteiger partial charge on any atom is 0.0622 e. The normalized spacial score (nSPS) is 10.7. The van der Waals surface area contributed by atoms with Crippen LogP contribution in [-0.4, -0.2) is 11.1 Å². The number of nitriles is 1. The number of aryl methyl sites for hydroxylation is 1. The highest BCUT2D eigenvalue weighted by Gasteiger charge is 2.06. The van der Waals surface area contributed by atoms with Crippen molar-refractivity contribution in [1.29, 1.82) is 5.26 Å². The van der Waals surface area contributed by atoms with Crippen LogP contribution in [0.4, 0.5) is 0 Å². The molecule has 0 radical (unpaired) electrons. The van der Waals surface area contributed by atoms with Crippen LogP contribution in [0.5, 0.6) is 0 Å². The largest absolute Gasteiger partial charge is 0.347 e. The Bertz CT molecular complexity index is 548. The van der Waals surface area contributed by atoms with Gasteiger partial charge in [0.05, 0.1) is 6.07 Å². The minimum atomic E-state index is 0.620. The number of unbranched alkanes of at least 4 members (excludes halogenated alkanes) is 1. The number of fused-ring (bicyclic) bond motifs is 1. The molecule has 0 atom stereocenters. The third kappa shape index (κ3) is 2.72. The first-order valence-electron chi connectivity index (χ1n) is 6.51. The van der Waals surface area contributed by atoms with Gasteiger partial charge in [0.25, 0.3) is 0 Å². The lowest BCUT2D eigenvalue weighted by atomic mass is 10.2. The van der Waals surface area contributed by atoms with Crippen LogP contribution in [0.1, 0.15) is 25.3 Å². The van der Waals surface area contributed by atoms with Crippen LogP contribution in [-0.2, 0) is 13.1 Å². The van der Waals surface area contributed by atoms with Crippen molar-refractivity contribution in [3.63, 3.8) is 0 Å². The fraction of sp³-hybridized carbons (Fsp3) is 0.400. The Morgan fingerprint density at radius 1 is 1.33 bits per heavy atom. The van der Waals surface area contributed by atoms with E-state index in [0.29, 0.717) is 6.42 Å². The molecule has 0 aliphatic heterocycles. The van der Waals surface area contributed by atoms with Gasteiger partial charge in [-0.1, -0.05) is 25.1 Å². The standard InChI is InChI=1S/C15H19N3/c1-2-17-11-13-12-18(10-6-5-9-16)15-8-4-3-7-14(13)15/h3-4,7-8,12,17H,2,5-6,10-11H2,1H3. The van der Waals surface area contributed by atoms with Gasteiger partial charge in [-0.25, -0.2) is 0 Å². The Morgan fingerprint density at radius 2 is 2.17 bits per heavy atom. The Kier molecular flexibility index (Phi) is 4.38. The van der Waals surface area contributed by atoms with E-state index in [-0.39, 0.29) is 0 Å². The summed E-state index contributed by atoms with van der Waals surface area (Å²) >= 11 is 0. The van der Waals surface area contributed by atoms with Crippen molar-refractivity contribution in [3.05, 3.63) is 36.0 Å². The summed E-state index contributed by atoms with van der Waals surface area (Å²) in [5.41, 5.74) is 2.60. The number of nitrogens with zero attached hydrogens (tertiary/aromatic N) is 2. The minimum Gasteiger partial charge on any atom is -0.347 e. The van der Waals surface area contributed by atoms with Crippen LogP contribution in [0.2, 0.25) is 0 Å². The molecule has 94 valence electrons. The molecule has 3 heteroatoms. The van der Waals surface area contributed by atoms with E-state index in [0.717, 1.165) is 26.1 Å². The Balaban J connectivity index is 2.26. The number of hydrogen-bond acceptors (Lipinski definition) is 2. The van der Waals surface area contributed by atoms with Gasteiger partial charge in [0.1, 0.15) is 0 Å². The molecule has 0 saturated heterocycles. The fourth-order valence-electron chi connectivity index (χ4n) is 2.24. The quantitative estimate of drug-likeness (QED) is 0.790. The van der Waals surface area contributed by atoms with Crippen molar-refractivity contribution < 1.29 is 0 Å². The maximum atomic E-state index is 8.61. The molecule has 0 aliphatic carbocycles. The molecule has 0 unspecified atom stereocenters. The SMILES string of the molecule is CCNCc1cn(CCCC#N)c2ccccc12. The van der Waals surface area contributed by atoms with Gasteiger partial charge in [0, 0.05) is 36.6 Å². The lowest BCUT2D eigenvalue weighted by Crippen LogP contribution is -2.11. The molecule has 1 heterocycles. The summed E-state index contributed by atoms with van der Waals surface area (Å²) in [7, 11) is 0.